The van der Waals surface area contributed by atoms with Gasteiger partial charge in [-0.1, -0.05) is 17.7 Å². The Morgan fingerprint density at radius 1 is 1.11 bits per heavy atom. The molecule has 2 heterocycles. The fraction of sp³-hybridized carbons (Fsp3) is 0. The lowest BCUT2D eigenvalue weighted by Crippen LogP contribution is -2.02. The number of fused-ring (bicyclic) bond motifs is 1. The lowest BCUT2D eigenvalue weighted by atomic mass is 10.0. The minimum absolute atomic E-state index is 0.159. The number of rotatable bonds is 2. The van der Waals surface area contributed by atoms with Crippen molar-refractivity contribution >= 4 is 28.3 Å². The van der Waals surface area contributed by atoms with E-state index < -0.39 is 0 Å². The van der Waals surface area contributed by atoms with E-state index in [1.165, 1.54) is 18.7 Å². The van der Waals surface area contributed by atoms with E-state index in [4.69, 9.17) is 11.6 Å². The number of ketones is 1. The van der Waals surface area contributed by atoms with Gasteiger partial charge in [-0.3, -0.25) is 9.78 Å². The van der Waals surface area contributed by atoms with Crippen LogP contribution in [0, 0.1) is 0 Å². The maximum Gasteiger partial charge on any atom is 0.196 e. The second-order valence-electron chi connectivity index (χ2n) is 3.99. The van der Waals surface area contributed by atoms with Crippen LogP contribution < -0.4 is 0 Å². The van der Waals surface area contributed by atoms with E-state index in [2.05, 4.69) is 15.0 Å². The molecule has 5 heteroatoms. The fourth-order valence-corrected chi connectivity index (χ4v) is 2.14. The van der Waals surface area contributed by atoms with Gasteiger partial charge in [-0.25, -0.2) is 9.97 Å². The van der Waals surface area contributed by atoms with Crippen LogP contribution in [0.1, 0.15) is 15.9 Å². The summed E-state index contributed by atoms with van der Waals surface area (Å²) < 4.78 is 0. The van der Waals surface area contributed by atoms with E-state index >= 15 is 0 Å². The largest absolute Gasteiger partial charge is 0.288 e. The molecule has 0 amide bonds. The van der Waals surface area contributed by atoms with Gasteiger partial charge in [0.15, 0.2) is 5.78 Å². The molecule has 0 unspecified atom stereocenters. The predicted octanol–water partition coefficient (Wildman–Crippen LogP) is 2.91. The van der Waals surface area contributed by atoms with E-state index in [0.29, 0.717) is 21.7 Å². The van der Waals surface area contributed by atoms with Crippen LogP contribution in [-0.2, 0) is 0 Å². The smallest absolute Gasteiger partial charge is 0.196 e. The average Bonchev–Trinajstić information content (AvgIpc) is 2.47. The molecule has 0 atom stereocenters. The van der Waals surface area contributed by atoms with Crippen molar-refractivity contribution in [3.8, 4) is 0 Å². The first-order valence-electron chi connectivity index (χ1n) is 5.60. The zero-order valence-corrected chi connectivity index (χ0v) is 10.5. The summed E-state index contributed by atoms with van der Waals surface area (Å²) in [6.07, 6.45) is 6.02. The molecule has 1 aromatic carbocycles. The van der Waals surface area contributed by atoms with Crippen LogP contribution in [0.4, 0.5) is 0 Å². The number of nitrogens with zero attached hydrogens (tertiary/aromatic N) is 3. The molecule has 19 heavy (non-hydrogen) atoms. The summed E-state index contributed by atoms with van der Waals surface area (Å²) in [4.78, 5) is 24.1. The maximum atomic E-state index is 12.3. The highest BCUT2D eigenvalue weighted by Gasteiger charge is 2.12. The molecule has 3 rings (SSSR count). The summed E-state index contributed by atoms with van der Waals surface area (Å²) >= 11 is 6.15. The number of benzene rings is 1. The Kier molecular flexibility index (Phi) is 2.93. The SMILES string of the molecule is O=C(c1cncnc1)c1cc(Cl)c2ncccc2c1. The third-order valence-electron chi connectivity index (χ3n) is 2.74. The second-order valence-corrected chi connectivity index (χ2v) is 4.40. The van der Waals surface area contributed by atoms with Crippen molar-refractivity contribution in [3.05, 3.63) is 65.3 Å². The van der Waals surface area contributed by atoms with Gasteiger partial charge in [0.1, 0.15) is 6.33 Å². The van der Waals surface area contributed by atoms with E-state index in [1.54, 1.807) is 24.4 Å². The highest BCUT2D eigenvalue weighted by molar-refractivity contribution is 6.35. The van der Waals surface area contributed by atoms with Crippen LogP contribution in [0.15, 0.2) is 49.2 Å². The monoisotopic (exact) mass is 269 g/mol. The molecule has 0 saturated heterocycles. The Bertz CT molecular complexity index is 759. The zero-order chi connectivity index (χ0) is 13.2. The number of pyridine rings is 1. The molecule has 0 N–H and O–H groups in total. The summed E-state index contributed by atoms with van der Waals surface area (Å²) in [7, 11) is 0. The van der Waals surface area contributed by atoms with Crippen molar-refractivity contribution in [2.75, 3.05) is 0 Å². The van der Waals surface area contributed by atoms with Crippen LogP contribution in [0.25, 0.3) is 10.9 Å². The molecule has 0 fully saturated rings. The zero-order valence-electron chi connectivity index (χ0n) is 9.75. The van der Waals surface area contributed by atoms with E-state index in [9.17, 15) is 4.79 Å². The van der Waals surface area contributed by atoms with Crippen molar-refractivity contribution in [1.29, 1.82) is 0 Å². The molecule has 0 bridgehead atoms. The lowest BCUT2D eigenvalue weighted by Gasteiger charge is -2.04. The quantitative estimate of drug-likeness (QED) is 0.671. The fourth-order valence-electron chi connectivity index (χ4n) is 1.86. The first-order valence-corrected chi connectivity index (χ1v) is 5.97. The van der Waals surface area contributed by atoms with Gasteiger partial charge in [0.25, 0.3) is 0 Å². The number of carbonyl (C=O) groups is 1. The highest BCUT2D eigenvalue weighted by Crippen LogP contribution is 2.24. The van der Waals surface area contributed by atoms with Crippen molar-refractivity contribution in [1.82, 2.24) is 15.0 Å². The summed E-state index contributed by atoms with van der Waals surface area (Å²) in [5.74, 6) is -0.159. The van der Waals surface area contributed by atoms with Crippen LogP contribution >= 0.6 is 11.6 Å². The van der Waals surface area contributed by atoms with Gasteiger partial charge in [0.2, 0.25) is 0 Å². The molecule has 3 aromatic rings. The predicted molar refractivity (Wildman–Crippen MR) is 72.2 cm³/mol. The molecular formula is C14H8ClN3O. The van der Waals surface area contributed by atoms with Gasteiger partial charge in [-0.05, 0) is 18.2 Å². The first kappa shape index (κ1) is 11.7. The summed E-state index contributed by atoms with van der Waals surface area (Å²) in [6, 6.07) is 7.06. The normalized spacial score (nSPS) is 10.6. The molecule has 92 valence electrons. The van der Waals surface area contributed by atoms with E-state index in [-0.39, 0.29) is 5.78 Å². The molecule has 0 aliphatic rings. The lowest BCUT2D eigenvalue weighted by molar-refractivity contribution is 0.103. The number of hydrogen-bond donors (Lipinski definition) is 0. The van der Waals surface area contributed by atoms with Crippen LogP contribution in [-0.4, -0.2) is 20.7 Å². The van der Waals surface area contributed by atoms with Crippen molar-refractivity contribution in [2.24, 2.45) is 0 Å². The Morgan fingerprint density at radius 3 is 2.68 bits per heavy atom. The standard InChI is InChI=1S/C14H8ClN3O/c15-12-5-10(4-9-2-1-3-18-13(9)12)14(19)11-6-16-8-17-7-11/h1-8H. The molecule has 0 aliphatic carbocycles. The minimum Gasteiger partial charge on any atom is -0.288 e. The molecular weight excluding hydrogens is 262 g/mol. The molecule has 4 nitrogen and oxygen atoms in total. The molecule has 0 spiro atoms. The van der Waals surface area contributed by atoms with E-state index in [1.807, 2.05) is 6.07 Å². The molecule has 0 radical (unpaired) electrons. The Balaban J connectivity index is 2.14. The number of carbonyl (C=O) groups excluding carboxylic acids is 1. The van der Waals surface area contributed by atoms with Crippen molar-refractivity contribution < 1.29 is 4.79 Å². The summed E-state index contributed by atoms with van der Waals surface area (Å²) in [5, 5.41) is 1.29. The Hall–Kier alpha value is -2.33. The van der Waals surface area contributed by atoms with Crippen molar-refractivity contribution in [2.45, 2.75) is 0 Å². The van der Waals surface area contributed by atoms with Gasteiger partial charge in [0.05, 0.1) is 16.1 Å². The summed E-state index contributed by atoms with van der Waals surface area (Å²) in [6.45, 7) is 0. The number of halogens is 1. The van der Waals surface area contributed by atoms with Crippen LogP contribution in [0.5, 0.6) is 0 Å². The second kappa shape index (κ2) is 4.74. The van der Waals surface area contributed by atoms with Gasteiger partial charge >= 0.3 is 0 Å². The first-order chi connectivity index (χ1) is 9.25. The number of hydrogen-bond acceptors (Lipinski definition) is 4. The number of aromatic nitrogens is 3. The van der Waals surface area contributed by atoms with Crippen LogP contribution in [0.2, 0.25) is 5.02 Å². The topological polar surface area (TPSA) is 55.7 Å². The Labute approximate surface area is 114 Å². The highest BCUT2D eigenvalue weighted by atomic mass is 35.5. The maximum absolute atomic E-state index is 12.3. The van der Waals surface area contributed by atoms with Gasteiger partial charge in [-0.15, -0.1) is 0 Å². The van der Waals surface area contributed by atoms with Crippen molar-refractivity contribution in [3.63, 3.8) is 0 Å². The molecule has 0 saturated carbocycles. The molecule has 0 aliphatic heterocycles. The Morgan fingerprint density at radius 2 is 1.89 bits per heavy atom. The summed E-state index contributed by atoms with van der Waals surface area (Å²) in [5.41, 5.74) is 1.62. The van der Waals surface area contributed by atoms with Crippen LogP contribution in [0.3, 0.4) is 0 Å². The van der Waals surface area contributed by atoms with Gasteiger partial charge in [-0.2, -0.15) is 0 Å². The third-order valence-corrected chi connectivity index (χ3v) is 3.03. The van der Waals surface area contributed by atoms with Gasteiger partial charge < -0.3 is 0 Å². The third kappa shape index (κ3) is 2.18. The van der Waals surface area contributed by atoms with E-state index in [0.717, 1.165) is 5.39 Å². The molecule has 2 aromatic heterocycles. The van der Waals surface area contributed by atoms with Gasteiger partial charge in [0, 0.05) is 29.5 Å². The minimum atomic E-state index is -0.159. The average molecular weight is 270 g/mol.